The lowest BCUT2D eigenvalue weighted by molar-refractivity contribution is -0.121. The highest BCUT2D eigenvalue weighted by molar-refractivity contribution is 5.55. The predicted octanol–water partition coefficient (Wildman–Crippen LogP) is 5.40. The molecule has 0 radical (unpaired) electrons. The van der Waals surface area contributed by atoms with Crippen molar-refractivity contribution in [3.8, 4) is 0 Å². The molecule has 21 heavy (non-hydrogen) atoms. The Morgan fingerprint density at radius 3 is 2.57 bits per heavy atom. The van der Waals surface area contributed by atoms with Crippen LogP contribution >= 0.6 is 0 Å². The number of hydrogen-bond donors (Lipinski definition) is 0. The van der Waals surface area contributed by atoms with Crippen molar-refractivity contribution in [1.29, 1.82) is 0 Å². The maximum Gasteiger partial charge on any atom is 0.123 e. The molecule has 3 fully saturated rings. The van der Waals surface area contributed by atoms with E-state index in [0.29, 0.717) is 11.3 Å². The van der Waals surface area contributed by atoms with E-state index >= 15 is 0 Å². The summed E-state index contributed by atoms with van der Waals surface area (Å²) in [6.07, 6.45) is 11.5. The topological polar surface area (TPSA) is 17.1 Å². The Hall–Kier alpha value is -0.590. The van der Waals surface area contributed by atoms with Crippen molar-refractivity contribution in [2.75, 3.05) is 0 Å². The third kappa shape index (κ3) is 2.32. The van der Waals surface area contributed by atoms with Crippen molar-refractivity contribution in [2.24, 2.45) is 34.5 Å². The second-order valence-electron chi connectivity index (χ2n) is 8.86. The first-order valence-electron chi connectivity index (χ1n) is 9.03. The van der Waals surface area contributed by atoms with Crippen LogP contribution in [0, 0.1) is 34.5 Å². The van der Waals surface area contributed by atoms with Crippen LogP contribution in [0.3, 0.4) is 0 Å². The van der Waals surface area contributed by atoms with E-state index < -0.39 is 0 Å². The Morgan fingerprint density at radius 1 is 1.10 bits per heavy atom. The summed E-state index contributed by atoms with van der Waals surface area (Å²) in [5, 5.41) is 0. The highest BCUT2D eigenvalue weighted by atomic mass is 16.1. The van der Waals surface area contributed by atoms with Gasteiger partial charge in [-0.2, -0.15) is 0 Å². The van der Waals surface area contributed by atoms with E-state index in [4.69, 9.17) is 0 Å². The zero-order valence-electron chi connectivity index (χ0n) is 14.2. The Kier molecular flexibility index (Phi) is 3.83. The molecule has 3 aliphatic carbocycles. The summed E-state index contributed by atoms with van der Waals surface area (Å²) in [5.74, 6) is 2.60. The van der Waals surface area contributed by atoms with Gasteiger partial charge < -0.3 is 4.79 Å². The summed E-state index contributed by atoms with van der Waals surface area (Å²) in [6.45, 7) is 11.5. The lowest BCUT2D eigenvalue weighted by Gasteiger charge is -2.52. The van der Waals surface area contributed by atoms with Crippen LogP contribution in [0.4, 0.5) is 0 Å². The molecule has 3 aliphatic rings. The second-order valence-corrected chi connectivity index (χ2v) is 8.86. The molecule has 0 heterocycles. The molecular weight excluding hydrogens is 256 g/mol. The molecule has 0 aliphatic heterocycles. The molecule has 6 atom stereocenters. The second kappa shape index (κ2) is 5.25. The molecule has 0 N–H and O–H groups in total. The van der Waals surface area contributed by atoms with Crippen molar-refractivity contribution in [2.45, 2.75) is 72.1 Å². The van der Waals surface area contributed by atoms with Crippen molar-refractivity contribution in [3.05, 3.63) is 12.2 Å². The number of hydrogen-bond acceptors (Lipinski definition) is 1. The standard InChI is InChI=1S/C20H32O/c1-14-7-9-20(4,18(11-14)13-21)17-8-10-19(3)15(2)5-6-16(19)12-17/h13-14,16-18H,2,5-12H2,1,3-4H3/t14-,16?,17?,18+,19+,20+/m0/s1. The number of aldehydes is 1. The number of rotatable bonds is 2. The molecule has 118 valence electrons. The fraction of sp³-hybridized carbons (Fsp3) is 0.850. The first-order valence-corrected chi connectivity index (χ1v) is 9.03. The molecule has 0 saturated heterocycles. The van der Waals surface area contributed by atoms with Crippen LogP contribution in [-0.2, 0) is 4.79 Å². The van der Waals surface area contributed by atoms with Crippen LogP contribution in [0.2, 0.25) is 0 Å². The Bertz CT molecular complexity index is 439. The molecule has 1 heteroatoms. The van der Waals surface area contributed by atoms with E-state index in [1.54, 1.807) is 0 Å². The summed E-state index contributed by atoms with van der Waals surface area (Å²) < 4.78 is 0. The van der Waals surface area contributed by atoms with Gasteiger partial charge in [-0.15, -0.1) is 0 Å². The molecule has 1 nitrogen and oxygen atoms in total. The number of allylic oxidation sites excluding steroid dienone is 1. The van der Waals surface area contributed by atoms with Crippen LogP contribution in [0.15, 0.2) is 12.2 Å². The van der Waals surface area contributed by atoms with E-state index in [0.717, 1.165) is 24.2 Å². The summed E-state index contributed by atoms with van der Waals surface area (Å²) in [4.78, 5) is 11.7. The largest absolute Gasteiger partial charge is 0.303 e. The van der Waals surface area contributed by atoms with E-state index in [2.05, 4.69) is 27.4 Å². The molecule has 0 bridgehead atoms. The number of carbonyl (C=O) groups is 1. The van der Waals surface area contributed by atoms with Crippen LogP contribution in [0.1, 0.15) is 72.1 Å². The van der Waals surface area contributed by atoms with Gasteiger partial charge in [-0.3, -0.25) is 0 Å². The fourth-order valence-corrected chi connectivity index (χ4v) is 5.82. The van der Waals surface area contributed by atoms with Gasteiger partial charge in [0.2, 0.25) is 0 Å². The van der Waals surface area contributed by atoms with Gasteiger partial charge in [0.25, 0.3) is 0 Å². The van der Waals surface area contributed by atoms with Crippen LogP contribution in [-0.4, -0.2) is 6.29 Å². The average molecular weight is 288 g/mol. The average Bonchev–Trinajstić information content (AvgIpc) is 2.77. The summed E-state index contributed by atoms with van der Waals surface area (Å²) in [7, 11) is 0. The third-order valence-corrected chi connectivity index (χ3v) is 7.86. The molecule has 0 amide bonds. The van der Waals surface area contributed by atoms with Crippen LogP contribution < -0.4 is 0 Å². The predicted molar refractivity (Wildman–Crippen MR) is 88.0 cm³/mol. The van der Waals surface area contributed by atoms with Gasteiger partial charge in [-0.05, 0) is 73.5 Å². The molecule has 0 aromatic carbocycles. The Balaban J connectivity index is 1.78. The van der Waals surface area contributed by atoms with Gasteiger partial charge in [0.05, 0.1) is 0 Å². The third-order valence-electron chi connectivity index (χ3n) is 7.86. The molecule has 0 aromatic rings. The molecule has 2 unspecified atom stereocenters. The minimum absolute atomic E-state index is 0.263. The molecule has 3 rings (SSSR count). The molecule has 3 saturated carbocycles. The lowest BCUT2D eigenvalue weighted by Crippen LogP contribution is -2.45. The highest BCUT2D eigenvalue weighted by Gasteiger charge is 2.51. The Morgan fingerprint density at radius 2 is 1.86 bits per heavy atom. The first-order chi connectivity index (χ1) is 9.90. The van der Waals surface area contributed by atoms with Crippen molar-refractivity contribution in [1.82, 2.24) is 0 Å². The van der Waals surface area contributed by atoms with Gasteiger partial charge in [0, 0.05) is 5.92 Å². The molecular formula is C20H32O. The number of fused-ring (bicyclic) bond motifs is 1. The van der Waals surface area contributed by atoms with E-state index in [9.17, 15) is 4.79 Å². The maximum absolute atomic E-state index is 11.7. The zero-order chi connectivity index (χ0) is 15.3. The minimum Gasteiger partial charge on any atom is -0.303 e. The quantitative estimate of drug-likeness (QED) is 0.491. The SMILES string of the molecule is C=C1CCC2CC([C@@]3(C)CC[C@H](C)C[C@@H]3C=O)CC[C@]12C. The van der Waals surface area contributed by atoms with Crippen molar-refractivity contribution in [3.63, 3.8) is 0 Å². The minimum atomic E-state index is 0.263. The van der Waals surface area contributed by atoms with E-state index in [1.165, 1.54) is 56.8 Å². The summed E-state index contributed by atoms with van der Waals surface area (Å²) >= 11 is 0. The van der Waals surface area contributed by atoms with Crippen LogP contribution in [0.5, 0.6) is 0 Å². The molecule has 0 spiro atoms. The lowest BCUT2D eigenvalue weighted by atomic mass is 9.52. The van der Waals surface area contributed by atoms with Gasteiger partial charge in [-0.25, -0.2) is 0 Å². The fourth-order valence-electron chi connectivity index (χ4n) is 5.82. The highest BCUT2D eigenvalue weighted by Crippen LogP contribution is 2.61. The van der Waals surface area contributed by atoms with Crippen molar-refractivity contribution < 1.29 is 4.79 Å². The van der Waals surface area contributed by atoms with Gasteiger partial charge in [0.15, 0.2) is 0 Å². The van der Waals surface area contributed by atoms with Gasteiger partial charge >= 0.3 is 0 Å². The normalized spacial score (nSPS) is 50.7. The van der Waals surface area contributed by atoms with Gasteiger partial charge in [0.1, 0.15) is 6.29 Å². The monoisotopic (exact) mass is 288 g/mol. The van der Waals surface area contributed by atoms with Crippen LogP contribution in [0.25, 0.3) is 0 Å². The Labute approximate surface area is 130 Å². The van der Waals surface area contributed by atoms with Crippen molar-refractivity contribution >= 4 is 6.29 Å². The summed E-state index contributed by atoms with van der Waals surface area (Å²) in [5.41, 5.74) is 2.17. The smallest absolute Gasteiger partial charge is 0.123 e. The van der Waals surface area contributed by atoms with E-state index in [1.807, 2.05) is 0 Å². The number of carbonyl (C=O) groups excluding carboxylic acids is 1. The maximum atomic E-state index is 11.7. The first kappa shape index (κ1) is 15.3. The molecule has 0 aromatic heterocycles. The van der Waals surface area contributed by atoms with Gasteiger partial charge in [-0.1, -0.05) is 39.3 Å². The zero-order valence-corrected chi connectivity index (χ0v) is 14.2. The summed E-state index contributed by atoms with van der Waals surface area (Å²) in [6, 6.07) is 0. The van der Waals surface area contributed by atoms with E-state index in [-0.39, 0.29) is 5.41 Å².